The van der Waals surface area contributed by atoms with E-state index in [0.717, 1.165) is 11.3 Å². The summed E-state index contributed by atoms with van der Waals surface area (Å²) in [6, 6.07) is 6.78. The number of hydrogen-bond donors (Lipinski definition) is 1. The summed E-state index contributed by atoms with van der Waals surface area (Å²) < 4.78 is 6.43. The minimum absolute atomic E-state index is 0.00705. The molecule has 3 heterocycles. The fourth-order valence-electron chi connectivity index (χ4n) is 3.90. The molecular formula is C20H22N4O4. The van der Waals surface area contributed by atoms with Crippen LogP contribution in [0.2, 0.25) is 0 Å². The van der Waals surface area contributed by atoms with E-state index < -0.39 is 5.69 Å². The van der Waals surface area contributed by atoms with Crippen LogP contribution in [0.4, 0.5) is 0 Å². The number of carbonyl (C=O) groups excluding carboxylic acids is 1. The molecule has 8 heteroatoms. The third-order valence-corrected chi connectivity index (χ3v) is 5.53. The number of hydrogen-bond acceptors (Lipinski definition) is 5. The van der Waals surface area contributed by atoms with Crippen LogP contribution in [0.25, 0.3) is 10.9 Å². The number of piperidine rings is 1. The molecule has 8 nitrogen and oxygen atoms in total. The van der Waals surface area contributed by atoms with Crippen LogP contribution in [-0.2, 0) is 11.2 Å². The molecule has 28 heavy (non-hydrogen) atoms. The third-order valence-electron chi connectivity index (χ3n) is 5.53. The molecule has 1 saturated heterocycles. The Morgan fingerprint density at radius 1 is 1.21 bits per heavy atom. The van der Waals surface area contributed by atoms with E-state index in [1.54, 1.807) is 36.1 Å². The van der Waals surface area contributed by atoms with Crippen LogP contribution in [0.3, 0.4) is 0 Å². The van der Waals surface area contributed by atoms with Gasteiger partial charge in [0.1, 0.15) is 5.76 Å². The minimum atomic E-state index is -0.399. The van der Waals surface area contributed by atoms with E-state index in [4.69, 9.17) is 4.52 Å². The smallest absolute Gasteiger partial charge is 0.329 e. The molecule has 1 aromatic carbocycles. The number of aryl methyl sites for hydroxylation is 2. The summed E-state index contributed by atoms with van der Waals surface area (Å²) in [5.41, 5.74) is 1.43. The Hall–Kier alpha value is -3.16. The van der Waals surface area contributed by atoms with Gasteiger partial charge in [-0.3, -0.25) is 14.2 Å². The average molecular weight is 382 g/mol. The highest BCUT2D eigenvalue weighted by Crippen LogP contribution is 2.22. The summed E-state index contributed by atoms with van der Waals surface area (Å²) in [6.07, 6.45) is 1.38. The molecule has 1 N–H and O–H groups in total. The molecule has 0 unspecified atom stereocenters. The second-order valence-electron chi connectivity index (χ2n) is 7.24. The van der Waals surface area contributed by atoms with Crippen molar-refractivity contribution in [2.45, 2.75) is 39.2 Å². The molecule has 1 aliphatic heterocycles. The first kappa shape index (κ1) is 18.2. The van der Waals surface area contributed by atoms with Crippen molar-refractivity contribution < 1.29 is 9.32 Å². The number of benzene rings is 1. The summed E-state index contributed by atoms with van der Waals surface area (Å²) in [5.74, 6) is 0.669. The highest BCUT2D eigenvalue weighted by Gasteiger charge is 2.27. The van der Waals surface area contributed by atoms with Gasteiger partial charge in [0, 0.05) is 24.7 Å². The van der Waals surface area contributed by atoms with Crippen LogP contribution in [0.1, 0.15) is 35.9 Å². The molecule has 0 atom stereocenters. The van der Waals surface area contributed by atoms with Gasteiger partial charge in [-0.1, -0.05) is 17.3 Å². The number of nitrogens with one attached hydrogen (secondary N) is 1. The second-order valence-corrected chi connectivity index (χ2v) is 7.24. The van der Waals surface area contributed by atoms with Crippen molar-refractivity contribution in [1.29, 1.82) is 0 Å². The summed E-state index contributed by atoms with van der Waals surface area (Å²) >= 11 is 0. The second kappa shape index (κ2) is 7.10. The molecule has 1 aliphatic rings. The van der Waals surface area contributed by atoms with Gasteiger partial charge in [-0.15, -0.1) is 0 Å². The van der Waals surface area contributed by atoms with Gasteiger partial charge >= 0.3 is 5.69 Å². The standard InChI is InChI=1S/C20H22N4O4/c1-12-16(13(2)28-22-12)11-18(25)23-9-7-14(8-10-23)24-19(26)15-5-3-4-6-17(15)21-20(24)27/h3-6,14H,7-11H2,1-2H3,(H,21,27). The number of H-pyrrole nitrogens is 1. The molecule has 2 aromatic heterocycles. The topological polar surface area (TPSA) is 101 Å². The number of para-hydroxylation sites is 1. The van der Waals surface area contributed by atoms with Crippen LogP contribution in [-0.4, -0.2) is 38.6 Å². The minimum Gasteiger partial charge on any atom is -0.361 e. The van der Waals surface area contributed by atoms with Gasteiger partial charge in [0.05, 0.1) is 23.0 Å². The van der Waals surface area contributed by atoms with Crippen molar-refractivity contribution in [2.24, 2.45) is 0 Å². The van der Waals surface area contributed by atoms with Gasteiger partial charge in [0.2, 0.25) is 5.91 Å². The van der Waals surface area contributed by atoms with Gasteiger partial charge in [-0.2, -0.15) is 0 Å². The molecule has 0 aliphatic carbocycles. The zero-order chi connectivity index (χ0) is 19.8. The van der Waals surface area contributed by atoms with Crippen LogP contribution >= 0.6 is 0 Å². The number of nitrogens with zero attached hydrogens (tertiary/aromatic N) is 3. The van der Waals surface area contributed by atoms with E-state index in [0.29, 0.717) is 42.6 Å². The van der Waals surface area contributed by atoms with E-state index >= 15 is 0 Å². The van der Waals surface area contributed by atoms with E-state index in [1.165, 1.54) is 4.57 Å². The van der Waals surface area contributed by atoms with Gasteiger partial charge < -0.3 is 14.4 Å². The van der Waals surface area contributed by atoms with Crippen molar-refractivity contribution in [2.75, 3.05) is 13.1 Å². The number of fused-ring (bicyclic) bond motifs is 1. The molecule has 4 rings (SSSR count). The molecule has 0 saturated carbocycles. The number of aromatic nitrogens is 3. The van der Waals surface area contributed by atoms with Gasteiger partial charge in [-0.25, -0.2) is 4.79 Å². The summed E-state index contributed by atoms with van der Waals surface area (Å²) in [4.78, 5) is 42.5. The predicted octanol–water partition coefficient (Wildman–Crippen LogP) is 1.70. The lowest BCUT2D eigenvalue weighted by Gasteiger charge is -2.32. The van der Waals surface area contributed by atoms with Gasteiger partial charge in [0.15, 0.2) is 0 Å². The maximum Gasteiger partial charge on any atom is 0.329 e. The average Bonchev–Trinajstić information content (AvgIpc) is 3.00. The number of aromatic amines is 1. The highest BCUT2D eigenvalue weighted by molar-refractivity contribution is 5.79. The number of amides is 1. The summed E-state index contributed by atoms with van der Waals surface area (Å²) in [6.45, 7) is 4.63. The lowest BCUT2D eigenvalue weighted by atomic mass is 10.0. The molecule has 0 bridgehead atoms. The van der Waals surface area contributed by atoms with E-state index in [2.05, 4.69) is 10.1 Å². The molecule has 3 aromatic rings. The van der Waals surface area contributed by atoms with Crippen LogP contribution in [0.15, 0.2) is 38.4 Å². The molecule has 1 fully saturated rings. The summed E-state index contributed by atoms with van der Waals surface area (Å²) in [7, 11) is 0. The van der Waals surface area contributed by atoms with Gasteiger partial charge in [-0.05, 0) is 38.8 Å². The maximum absolute atomic E-state index is 12.8. The molecular weight excluding hydrogens is 360 g/mol. The molecule has 1 amide bonds. The lowest BCUT2D eigenvalue weighted by molar-refractivity contribution is -0.131. The third kappa shape index (κ3) is 3.15. The van der Waals surface area contributed by atoms with Crippen LogP contribution in [0.5, 0.6) is 0 Å². The van der Waals surface area contributed by atoms with Gasteiger partial charge in [0.25, 0.3) is 5.56 Å². The monoisotopic (exact) mass is 382 g/mol. The van der Waals surface area contributed by atoms with Crippen molar-refractivity contribution in [3.05, 3.63) is 62.1 Å². The quantitative estimate of drug-likeness (QED) is 0.743. The lowest BCUT2D eigenvalue weighted by Crippen LogP contribution is -2.45. The molecule has 0 spiro atoms. The Bertz CT molecular complexity index is 1130. The van der Waals surface area contributed by atoms with Crippen molar-refractivity contribution >= 4 is 16.8 Å². The van der Waals surface area contributed by atoms with Crippen molar-refractivity contribution in [1.82, 2.24) is 19.6 Å². The number of rotatable bonds is 3. The fourth-order valence-corrected chi connectivity index (χ4v) is 3.90. The van der Waals surface area contributed by atoms with Crippen molar-refractivity contribution in [3.63, 3.8) is 0 Å². The summed E-state index contributed by atoms with van der Waals surface area (Å²) in [5, 5.41) is 4.39. The number of likely N-dealkylation sites (tertiary alicyclic amines) is 1. The fraction of sp³-hybridized carbons (Fsp3) is 0.400. The Balaban J connectivity index is 1.50. The van der Waals surface area contributed by atoms with Crippen molar-refractivity contribution in [3.8, 4) is 0 Å². The van der Waals surface area contributed by atoms with E-state index in [9.17, 15) is 14.4 Å². The maximum atomic E-state index is 12.8. The highest BCUT2D eigenvalue weighted by atomic mass is 16.5. The Morgan fingerprint density at radius 3 is 2.61 bits per heavy atom. The largest absolute Gasteiger partial charge is 0.361 e. The van der Waals surface area contributed by atoms with E-state index in [1.807, 2.05) is 6.92 Å². The zero-order valence-corrected chi connectivity index (χ0v) is 15.9. The van der Waals surface area contributed by atoms with E-state index in [-0.39, 0.29) is 23.9 Å². The SMILES string of the molecule is Cc1noc(C)c1CC(=O)N1CCC(n2c(=O)[nH]c3ccccc3c2=O)CC1. The normalized spacial score (nSPS) is 15.3. The van der Waals surface area contributed by atoms with Crippen LogP contribution in [0, 0.1) is 13.8 Å². The first-order chi connectivity index (χ1) is 13.5. The predicted molar refractivity (Wildman–Crippen MR) is 103 cm³/mol. The molecule has 146 valence electrons. The first-order valence-corrected chi connectivity index (χ1v) is 9.39. The Labute approximate surface area is 160 Å². The van der Waals surface area contributed by atoms with Crippen LogP contribution < -0.4 is 11.2 Å². The molecule has 0 radical (unpaired) electrons. The zero-order valence-electron chi connectivity index (χ0n) is 15.9. The first-order valence-electron chi connectivity index (χ1n) is 9.39. The Morgan fingerprint density at radius 2 is 1.93 bits per heavy atom. The number of carbonyl (C=O) groups is 1. The Kier molecular flexibility index (Phi) is 4.62.